The van der Waals surface area contributed by atoms with Crippen LogP contribution in [0.3, 0.4) is 0 Å². The molecule has 0 bridgehead atoms. The molecular formula is C27H32N2O8. The Hall–Kier alpha value is -3.21. The molecule has 2 fully saturated rings. The summed E-state index contributed by atoms with van der Waals surface area (Å²) >= 11 is 0. The first-order chi connectivity index (χ1) is 17.3. The monoisotopic (exact) mass is 512 g/mol. The third-order valence-corrected chi connectivity index (χ3v) is 8.26. The molecule has 8 atom stereocenters. The number of allylic oxidation sites excluding steroid dienone is 1. The van der Waals surface area contributed by atoms with Gasteiger partial charge in [0.05, 0.1) is 29.5 Å². The van der Waals surface area contributed by atoms with Gasteiger partial charge in [0, 0.05) is 5.92 Å². The van der Waals surface area contributed by atoms with E-state index in [-0.39, 0.29) is 17.7 Å². The summed E-state index contributed by atoms with van der Waals surface area (Å²) in [6.07, 6.45) is 0.0356. The van der Waals surface area contributed by atoms with E-state index < -0.39 is 76.4 Å². The van der Waals surface area contributed by atoms with Gasteiger partial charge in [0.25, 0.3) is 0 Å². The standard InChI is InChI=1S/C27H32N2O8/c1-5-7-11(2)10-13-12-8-6-9-14(30)15(12)21(31)17-16(13)22(32)19-20(29(3)4)23(33)18(26(28)36)25(35)27(19,37)24(17)34/h6,8-9,13,16-20,22,30,32,37H,2,5,7,10H2,1,3-4H3,(H2,28,36)/t13-,16+,17?,18?,19+,20?,22-,27-/m0/s1. The van der Waals surface area contributed by atoms with Crippen LogP contribution in [0, 0.1) is 23.7 Å². The molecule has 0 heterocycles. The number of likely N-dealkylation sites (N-methyl/N-ethyl adjacent to an activating group) is 1. The van der Waals surface area contributed by atoms with Crippen LogP contribution in [0.25, 0.3) is 0 Å². The van der Waals surface area contributed by atoms with Gasteiger partial charge in [0.1, 0.15) is 5.75 Å². The summed E-state index contributed by atoms with van der Waals surface area (Å²) in [4.78, 5) is 67.8. The molecule has 1 amide bonds. The summed E-state index contributed by atoms with van der Waals surface area (Å²) in [5.74, 6) is -13.3. The molecule has 1 aromatic rings. The van der Waals surface area contributed by atoms with Crippen molar-refractivity contribution in [3.63, 3.8) is 0 Å². The van der Waals surface area contributed by atoms with E-state index in [1.54, 1.807) is 12.1 Å². The van der Waals surface area contributed by atoms with Gasteiger partial charge in [-0.3, -0.25) is 28.9 Å². The van der Waals surface area contributed by atoms with Gasteiger partial charge in [-0.2, -0.15) is 0 Å². The van der Waals surface area contributed by atoms with Gasteiger partial charge in [0.2, 0.25) is 5.91 Å². The van der Waals surface area contributed by atoms with Gasteiger partial charge in [-0.15, -0.1) is 0 Å². The number of hydrogen-bond acceptors (Lipinski definition) is 9. The Balaban J connectivity index is 1.97. The fourth-order valence-electron chi connectivity index (χ4n) is 6.78. The van der Waals surface area contributed by atoms with Crippen LogP contribution >= 0.6 is 0 Å². The summed E-state index contributed by atoms with van der Waals surface area (Å²) in [6, 6.07) is 3.08. The van der Waals surface area contributed by atoms with Crippen molar-refractivity contribution < 1.29 is 39.3 Å². The van der Waals surface area contributed by atoms with Crippen LogP contribution in [0.5, 0.6) is 5.75 Å². The number of nitrogens with zero attached hydrogens (tertiary/aromatic N) is 1. The largest absolute Gasteiger partial charge is 0.507 e. The average molecular weight is 513 g/mol. The van der Waals surface area contributed by atoms with Crippen molar-refractivity contribution in [1.82, 2.24) is 4.90 Å². The van der Waals surface area contributed by atoms with Crippen molar-refractivity contribution in [2.75, 3.05) is 14.1 Å². The highest BCUT2D eigenvalue weighted by Crippen LogP contribution is 2.55. The lowest BCUT2D eigenvalue weighted by molar-refractivity contribution is -0.197. The minimum atomic E-state index is -3.01. The Labute approximate surface area is 214 Å². The van der Waals surface area contributed by atoms with Crippen LogP contribution in [0.15, 0.2) is 30.4 Å². The molecule has 37 heavy (non-hydrogen) atoms. The van der Waals surface area contributed by atoms with Crippen LogP contribution in [0.4, 0.5) is 0 Å². The van der Waals surface area contributed by atoms with Gasteiger partial charge in [-0.05, 0) is 44.5 Å². The number of phenolic OH excluding ortho intramolecular Hbond substituents is 1. The normalized spacial score (nSPS) is 35.1. The smallest absolute Gasteiger partial charge is 0.235 e. The number of nitrogens with two attached hydrogens (primary N) is 1. The van der Waals surface area contributed by atoms with Gasteiger partial charge in [0.15, 0.2) is 34.7 Å². The summed E-state index contributed by atoms with van der Waals surface area (Å²) in [7, 11) is 2.92. The van der Waals surface area contributed by atoms with E-state index in [1.165, 1.54) is 25.1 Å². The third-order valence-electron chi connectivity index (χ3n) is 8.26. The number of benzene rings is 1. The Morgan fingerprint density at radius 2 is 1.81 bits per heavy atom. The molecule has 0 spiro atoms. The molecule has 2 saturated carbocycles. The number of Topliss-reactive ketones (excluding diaryl/α,β-unsaturated/α-hetero) is 4. The molecular weight excluding hydrogens is 480 g/mol. The Kier molecular flexibility index (Phi) is 6.72. The van der Waals surface area contributed by atoms with E-state index in [1.807, 2.05) is 6.92 Å². The molecule has 0 aliphatic heterocycles. The first kappa shape index (κ1) is 26.8. The minimum Gasteiger partial charge on any atom is -0.507 e. The zero-order valence-corrected chi connectivity index (χ0v) is 21.0. The highest BCUT2D eigenvalue weighted by molar-refractivity contribution is 6.32. The number of aromatic hydroxyl groups is 1. The van der Waals surface area contributed by atoms with Crippen LogP contribution < -0.4 is 5.73 Å². The minimum absolute atomic E-state index is 0.115. The summed E-state index contributed by atoms with van der Waals surface area (Å²) in [6.45, 7) is 6.06. The Morgan fingerprint density at radius 1 is 1.16 bits per heavy atom. The summed E-state index contributed by atoms with van der Waals surface area (Å²) in [5.41, 5.74) is 3.42. The van der Waals surface area contributed by atoms with Crippen molar-refractivity contribution >= 4 is 29.0 Å². The van der Waals surface area contributed by atoms with Crippen molar-refractivity contribution in [2.24, 2.45) is 29.4 Å². The number of phenols is 1. The average Bonchev–Trinajstić information content (AvgIpc) is 2.80. The van der Waals surface area contributed by atoms with Crippen LogP contribution in [-0.2, 0) is 19.2 Å². The fraction of sp³-hybridized carbons (Fsp3) is 0.519. The number of aliphatic hydroxyl groups is 2. The topological polar surface area (TPSA) is 175 Å². The number of rotatable bonds is 6. The predicted molar refractivity (Wildman–Crippen MR) is 130 cm³/mol. The number of fused-ring (bicyclic) bond motifs is 3. The number of primary amides is 1. The van der Waals surface area contributed by atoms with E-state index in [9.17, 15) is 39.3 Å². The van der Waals surface area contributed by atoms with Gasteiger partial charge < -0.3 is 21.1 Å². The number of hydrogen-bond donors (Lipinski definition) is 4. The molecule has 10 nitrogen and oxygen atoms in total. The van der Waals surface area contributed by atoms with E-state index >= 15 is 0 Å². The van der Waals surface area contributed by atoms with Crippen LogP contribution in [0.1, 0.15) is 48.0 Å². The maximum atomic E-state index is 14.0. The molecule has 0 saturated heterocycles. The Bertz CT molecular complexity index is 1220. The van der Waals surface area contributed by atoms with Gasteiger partial charge in [-0.1, -0.05) is 37.6 Å². The van der Waals surface area contributed by atoms with Crippen LogP contribution in [-0.4, -0.2) is 81.1 Å². The number of amides is 1. The highest BCUT2D eigenvalue weighted by Gasteiger charge is 2.73. The molecule has 5 N–H and O–H groups in total. The van der Waals surface area contributed by atoms with Crippen molar-refractivity contribution in [3.05, 3.63) is 41.5 Å². The number of aliphatic hydroxyl groups excluding tert-OH is 1. The molecule has 3 unspecified atom stereocenters. The molecule has 3 aliphatic carbocycles. The second-order valence-corrected chi connectivity index (χ2v) is 10.6. The summed E-state index contributed by atoms with van der Waals surface area (Å²) < 4.78 is 0. The molecule has 0 radical (unpaired) electrons. The molecule has 10 heteroatoms. The number of carbonyl (C=O) groups excluding carboxylic acids is 5. The van der Waals surface area contributed by atoms with Gasteiger partial charge in [-0.25, -0.2) is 0 Å². The zero-order valence-electron chi connectivity index (χ0n) is 21.0. The van der Waals surface area contributed by atoms with Crippen LogP contribution in [0.2, 0.25) is 0 Å². The maximum Gasteiger partial charge on any atom is 0.235 e. The lowest BCUT2D eigenvalue weighted by atomic mass is 9.49. The Morgan fingerprint density at radius 3 is 2.38 bits per heavy atom. The number of carbonyl (C=O) groups is 5. The molecule has 4 rings (SSSR count). The van der Waals surface area contributed by atoms with E-state index in [4.69, 9.17) is 5.73 Å². The highest BCUT2D eigenvalue weighted by atomic mass is 16.3. The van der Waals surface area contributed by atoms with E-state index in [0.717, 1.165) is 12.0 Å². The SMILES string of the molecule is C=C(CCC)C[C@H]1c2cccc(O)c2C(=O)C2C(=O)[C@]3(O)C(=O)C(C(N)=O)C(=O)C(N(C)C)[C@@H]3[C@@H](O)[C@@H]21. The van der Waals surface area contributed by atoms with Crippen molar-refractivity contribution in [3.8, 4) is 5.75 Å². The maximum absolute atomic E-state index is 14.0. The third kappa shape index (κ3) is 3.69. The summed E-state index contributed by atoms with van der Waals surface area (Å²) in [5, 5.41) is 34.1. The first-order valence-electron chi connectivity index (χ1n) is 12.3. The van der Waals surface area contributed by atoms with E-state index in [2.05, 4.69) is 6.58 Å². The van der Waals surface area contributed by atoms with E-state index in [0.29, 0.717) is 12.0 Å². The lowest BCUT2D eigenvalue weighted by Gasteiger charge is -2.56. The first-order valence-corrected chi connectivity index (χ1v) is 12.3. The van der Waals surface area contributed by atoms with Gasteiger partial charge >= 0.3 is 0 Å². The molecule has 1 aromatic carbocycles. The number of ketones is 4. The van der Waals surface area contributed by atoms with Crippen molar-refractivity contribution in [2.45, 2.75) is 49.9 Å². The molecule has 0 aromatic heterocycles. The van der Waals surface area contributed by atoms with Crippen molar-refractivity contribution in [1.29, 1.82) is 0 Å². The lowest BCUT2D eigenvalue weighted by Crippen LogP contribution is -2.77. The second-order valence-electron chi connectivity index (χ2n) is 10.6. The quantitative estimate of drug-likeness (QED) is 0.305. The second kappa shape index (κ2) is 9.27. The zero-order chi connectivity index (χ0) is 27.6. The molecule has 3 aliphatic rings. The fourth-order valence-corrected chi connectivity index (χ4v) is 6.78. The molecule has 198 valence electrons. The predicted octanol–water partition coefficient (Wildman–Crippen LogP) is 0.125.